The van der Waals surface area contributed by atoms with Crippen LogP contribution in [0.5, 0.6) is 5.75 Å². The molecule has 0 amide bonds. The normalized spacial score (nSPS) is 16.8. The molecular formula is C11H16N2O. The van der Waals surface area contributed by atoms with Gasteiger partial charge in [-0.3, -0.25) is 4.98 Å². The zero-order chi connectivity index (χ0) is 9.97. The molecule has 0 unspecified atom stereocenters. The van der Waals surface area contributed by atoms with Crippen molar-refractivity contribution in [1.29, 1.82) is 0 Å². The summed E-state index contributed by atoms with van der Waals surface area (Å²) in [6, 6.07) is 4.03. The SMILES string of the molecule is CC(C)c1ccc(OC2CNC2)cn1. The third kappa shape index (κ3) is 2.04. The van der Waals surface area contributed by atoms with E-state index in [0.717, 1.165) is 24.5 Å². The van der Waals surface area contributed by atoms with Crippen LogP contribution in [0.25, 0.3) is 0 Å². The molecule has 0 spiro atoms. The third-order valence-electron chi connectivity index (χ3n) is 2.40. The standard InChI is InChI=1S/C11H16N2O/c1-8(2)11-4-3-9(7-13-11)14-10-5-12-6-10/h3-4,7-8,10,12H,5-6H2,1-2H3. The third-order valence-corrected chi connectivity index (χ3v) is 2.40. The lowest BCUT2D eigenvalue weighted by molar-refractivity contribution is 0.141. The van der Waals surface area contributed by atoms with E-state index in [4.69, 9.17) is 4.74 Å². The van der Waals surface area contributed by atoms with Crippen molar-refractivity contribution in [3.63, 3.8) is 0 Å². The van der Waals surface area contributed by atoms with Gasteiger partial charge in [0.05, 0.1) is 6.20 Å². The maximum absolute atomic E-state index is 5.66. The van der Waals surface area contributed by atoms with Crippen LogP contribution in [0.15, 0.2) is 18.3 Å². The predicted molar refractivity (Wildman–Crippen MR) is 55.6 cm³/mol. The lowest BCUT2D eigenvalue weighted by Crippen LogP contribution is -2.50. The minimum atomic E-state index is 0.335. The Hall–Kier alpha value is -1.09. The summed E-state index contributed by atoms with van der Waals surface area (Å²) in [6.45, 7) is 6.18. The Bertz CT molecular complexity index is 291. The molecule has 1 saturated heterocycles. The van der Waals surface area contributed by atoms with E-state index >= 15 is 0 Å². The molecule has 0 radical (unpaired) electrons. The van der Waals surface area contributed by atoms with Gasteiger partial charge in [0.25, 0.3) is 0 Å². The van der Waals surface area contributed by atoms with Crippen LogP contribution >= 0.6 is 0 Å². The molecule has 0 saturated carbocycles. The van der Waals surface area contributed by atoms with Gasteiger partial charge in [-0.15, -0.1) is 0 Å². The number of aromatic nitrogens is 1. The number of hydrogen-bond donors (Lipinski definition) is 1. The lowest BCUT2D eigenvalue weighted by Gasteiger charge is -2.27. The maximum Gasteiger partial charge on any atom is 0.138 e. The number of pyridine rings is 1. The topological polar surface area (TPSA) is 34.1 Å². The summed E-state index contributed by atoms with van der Waals surface area (Å²) in [7, 11) is 0. The predicted octanol–water partition coefficient (Wildman–Crippen LogP) is 1.56. The second-order valence-corrected chi connectivity index (χ2v) is 3.97. The van der Waals surface area contributed by atoms with Gasteiger partial charge in [0.15, 0.2) is 0 Å². The Labute approximate surface area is 84.5 Å². The van der Waals surface area contributed by atoms with E-state index in [1.807, 2.05) is 18.3 Å². The molecule has 1 N–H and O–H groups in total. The summed E-state index contributed by atoms with van der Waals surface area (Å²) in [5.74, 6) is 1.36. The van der Waals surface area contributed by atoms with Crippen molar-refractivity contribution >= 4 is 0 Å². The van der Waals surface area contributed by atoms with Crippen LogP contribution in [0.1, 0.15) is 25.5 Å². The highest BCUT2D eigenvalue weighted by molar-refractivity contribution is 5.21. The molecule has 1 aromatic rings. The van der Waals surface area contributed by atoms with Crippen LogP contribution < -0.4 is 10.1 Å². The fraction of sp³-hybridized carbons (Fsp3) is 0.545. The zero-order valence-electron chi connectivity index (χ0n) is 8.66. The Morgan fingerprint density at radius 3 is 2.64 bits per heavy atom. The number of ether oxygens (including phenoxy) is 1. The Morgan fingerprint density at radius 1 is 1.43 bits per heavy atom. The summed E-state index contributed by atoms with van der Waals surface area (Å²) in [5.41, 5.74) is 1.11. The van der Waals surface area contributed by atoms with Crippen molar-refractivity contribution < 1.29 is 4.74 Å². The molecule has 0 aliphatic carbocycles. The molecule has 0 bridgehead atoms. The van der Waals surface area contributed by atoms with E-state index in [1.54, 1.807) is 0 Å². The van der Waals surface area contributed by atoms with Crippen molar-refractivity contribution in [3.05, 3.63) is 24.0 Å². The molecule has 76 valence electrons. The molecule has 0 aromatic carbocycles. The van der Waals surface area contributed by atoms with E-state index in [-0.39, 0.29) is 0 Å². The van der Waals surface area contributed by atoms with Gasteiger partial charge in [0.1, 0.15) is 11.9 Å². The zero-order valence-corrected chi connectivity index (χ0v) is 8.66. The Kier molecular flexibility index (Phi) is 2.68. The quantitative estimate of drug-likeness (QED) is 0.789. The van der Waals surface area contributed by atoms with Crippen LogP contribution in [0, 0.1) is 0 Å². The first kappa shape index (κ1) is 9.46. The molecule has 1 aromatic heterocycles. The van der Waals surface area contributed by atoms with Crippen molar-refractivity contribution in [3.8, 4) is 5.75 Å². The van der Waals surface area contributed by atoms with Gasteiger partial charge in [0, 0.05) is 18.8 Å². The lowest BCUT2D eigenvalue weighted by atomic mass is 10.1. The van der Waals surface area contributed by atoms with Gasteiger partial charge in [-0.1, -0.05) is 13.8 Å². The summed E-state index contributed by atoms with van der Waals surface area (Å²) >= 11 is 0. The van der Waals surface area contributed by atoms with Gasteiger partial charge < -0.3 is 10.1 Å². The first-order chi connectivity index (χ1) is 6.75. The smallest absolute Gasteiger partial charge is 0.138 e. The van der Waals surface area contributed by atoms with Crippen LogP contribution in [0.4, 0.5) is 0 Å². The maximum atomic E-state index is 5.66. The van der Waals surface area contributed by atoms with Crippen LogP contribution in [0.3, 0.4) is 0 Å². The van der Waals surface area contributed by atoms with Gasteiger partial charge in [-0.2, -0.15) is 0 Å². The second kappa shape index (κ2) is 3.96. The van der Waals surface area contributed by atoms with Gasteiger partial charge in [0.2, 0.25) is 0 Å². The summed E-state index contributed by atoms with van der Waals surface area (Å²) < 4.78 is 5.66. The second-order valence-electron chi connectivity index (χ2n) is 3.97. The van der Waals surface area contributed by atoms with Crippen LogP contribution in [0.2, 0.25) is 0 Å². The molecule has 0 atom stereocenters. The molecule has 1 aliphatic heterocycles. The molecule has 2 heterocycles. The highest BCUT2D eigenvalue weighted by Crippen LogP contribution is 2.16. The van der Waals surface area contributed by atoms with Crippen LogP contribution in [-0.4, -0.2) is 24.2 Å². The van der Waals surface area contributed by atoms with E-state index in [0.29, 0.717) is 12.0 Å². The fourth-order valence-corrected chi connectivity index (χ4v) is 1.34. The minimum absolute atomic E-state index is 0.335. The molecule has 14 heavy (non-hydrogen) atoms. The average Bonchev–Trinajstić information content (AvgIpc) is 2.12. The highest BCUT2D eigenvalue weighted by atomic mass is 16.5. The van der Waals surface area contributed by atoms with Crippen molar-refractivity contribution in [2.75, 3.05) is 13.1 Å². The number of nitrogens with zero attached hydrogens (tertiary/aromatic N) is 1. The Morgan fingerprint density at radius 2 is 2.21 bits per heavy atom. The number of hydrogen-bond acceptors (Lipinski definition) is 3. The number of nitrogens with one attached hydrogen (secondary N) is 1. The van der Waals surface area contributed by atoms with Crippen molar-refractivity contribution in [1.82, 2.24) is 10.3 Å². The minimum Gasteiger partial charge on any atom is -0.486 e. The van der Waals surface area contributed by atoms with Gasteiger partial charge in [-0.25, -0.2) is 0 Å². The molecule has 1 fully saturated rings. The first-order valence-corrected chi connectivity index (χ1v) is 5.09. The molecular weight excluding hydrogens is 176 g/mol. The van der Waals surface area contributed by atoms with Gasteiger partial charge in [-0.05, 0) is 18.1 Å². The van der Waals surface area contributed by atoms with E-state index in [1.165, 1.54) is 0 Å². The largest absolute Gasteiger partial charge is 0.486 e. The number of rotatable bonds is 3. The molecule has 2 rings (SSSR count). The first-order valence-electron chi connectivity index (χ1n) is 5.09. The van der Waals surface area contributed by atoms with Gasteiger partial charge >= 0.3 is 0 Å². The molecule has 1 aliphatic rings. The summed E-state index contributed by atoms with van der Waals surface area (Å²) in [4.78, 5) is 4.34. The fourth-order valence-electron chi connectivity index (χ4n) is 1.34. The van der Waals surface area contributed by atoms with Crippen molar-refractivity contribution in [2.45, 2.75) is 25.9 Å². The highest BCUT2D eigenvalue weighted by Gasteiger charge is 2.18. The summed E-state index contributed by atoms with van der Waals surface area (Å²) in [6.07, 6.45) is 2.15. The molecule has 3 heteroatoms. The molecule has 3 nitrogen and oxygen atoms in total. The summed E-state index contributed by atoms with van der Waals surface area (Å²) in [5, 5.41) is 3.17. The average molecular weight is 192 g/mol. The monoisotopic (exact) mass is 192 g/mol. The van der Waals surface area contributed by atoms with Crippen molar-refractivity contribution in [2.24, 2.45) is 0 Å². The van der Waals surface area contributed by atoms with E-state index in [9.17, 15) is 0 Å². The Balaban J connectivity index is 1.98. The van der Waals surface area contributed by atoms with E-state index in [2.05, 4.69) is 24.1 Å². The van der Waals surface area contributed by atoms with E-state index < -0.39 is 0 Å². The van der Waals surface area contributed by atoms with Crippen LogP contribution in [-0.2, 0) is 0 Å².